The second kappa shape index (κ2) is 5.32. The number of aliphatic hydroxyl groups is 1. The molecule has 1 aromatic heterocycles. The van der Waals surface area contributed by atoms with Crippen LogP contribution >= 0.6 is 11.3 Å². The number of hydrogen-bond acceptors (Lipinski definition) is 3. The molecule has 2 heterocycles. The van der Waals surface area contributed by atoms with Gasteiger partial charge in [0.25, 0.3) is 0 Å². The molecule has 1 aliphatic heterocycles. The van der Waals surface area contributed by atoms with Gasteiger partial charge in [-0.05, 0) is 38.1 Å². The molecule has 0 aromatic carbocycles. The molecule has 80 valence electrons. The first kappa shape index (κ1) is 10.7. The minimum absolute atomic E-state index is 0.0562. The van der Waals surface area contributed by atoms with Crippen molar-refractivity contribution in [2.45, 2.75) is 19.4 Å². The van der Waals surface area contributed by atoms with Crippen molar-refractivity contribution in [1.29, 1.82) is 0 Å². The van der Waals surface area contributed by atoms with Gasteiger partial charge in [0.2, 0.25) is 0 Å². The van der Waals surface area contributed by atoms with E-state index in [1.54, 1.807) is 11.3 Å². The lowest BCUT2D eigenvalue weighted by Crippen LogP contribution is -2.17. The molecule has 1 N–H and O–H groups in total. The van der Waals surface area contributed by atoms with Crippen LogP contribution in [0.5, 0.6) is 0 Å². The zero-order valence-electron chi connectivity index (χ0n) is 8.70. The lowest BCUT2D eigenvalue weighted by atomic mass is 10.4. The third-order valence-corrected chi connectivity index (χ3v) is 3.52. The Kier molecular flexibility index (Phi) is 3.79. The van der Waals surface area contributed by atoms with Crippen LogP contribution in [-0.2, 0) is 6.54 Å². The van der Waals surface area contributed by atoms with Crippen molar-refractivity contribution < 1.29 is 5.11 Å². The summed E-state index contributed by atoms with van der Waals surface area (Å²) in [5, 5.41) is 8.59. The van der Waals surface area contributed by atoms with E-state index in [0.717, 1.165) is 11.4 Å². The molecule has 2 rings (SSSR count). The van der Waals surface area contributed by atoms with E-state index in [2.05, 4.69) is 22.8 Å². The summed E-state index contributed by atoms with van der Waals surface area (Å²) in [7, 11) is 0. The molecule has 0 spiro atoms. The van der Waals surface area contributed by atoms with Gasteiger partial charge < -0.3 is 5.11 Å². The molecule has 0 amide bonds. The summed E-state index contributed by atoms with van der Waals surface area (Å²) < 4.78 is 0. The van der Waals surface area contributed by atoms with Crippen molar-refractivity contribution in [2.75, 3.05) is 19.7 Å². The van der Waals surface area contributed by atoms with Crippen molar-refractivity contribution >= 4 is 11.3 Å². The fourth-order valence-corrected chi connectivity index (χ4v) is 2.74. The molecule has 0 bridgehead atoms. The largest absolute Gasteiger partial charge is 0.384 e. The molecule has 0 saturated carbocycles. The zero-order chi connectivity index (χ0) is 10.5. The molecule has 1 aromatic rings. The Hall–Kier alpha value is -0.820. The van der Waals surface area contributed by atoms with E-state index in [-0.39, 0.29) is 6.61 Å². The molecule has 0 radical (unpaired) electrons. The fraction of sp³-hybridized carbons (Fsp3) is 0.500. The van der Waals surface area contributed by atoms with Crippen LogP contribution in [0.15, 0.2) is 12.1 Å². The smallest absolute Gasteiger partial charge is 0.104 e. The summed E-state index contributed by atoms with van der Waals surface area (Å²) in [5.41, 5.74) is 0. The molecule has 0 aliphatic carbocycles. The van der Waals surface area contributed by atoms with Gasteiger partial charge in [-0.25, -0.2) is 0 Å². The molecule has 1 saturated heterocycles. The van der Waals surface area contributed by atoms with Gasteiger partial charge in [0.15, 0.2) is 0 Å². The molecule has 3 heteroatoms. The summed E-state index contributed by atoms with van der Waals surface area (Å²) in [6.45, 7) is 3.47. The number of thiophene rings is 1. The average Bonchev–Trinajstić information content (AvgIpc) is 2.87. The fourth-order valence-electron chi connectivity index (χ4n) is 1.82. The SMILES string of the molecule is OCC#Cc1ccc(CN2CCCC2)s1. The molecule has 1 aliphatic rings. The predicted molar refractivity (Wildman–Crippen MR) is 62.8 cm³/mol. The molecular weight excluding hydrogens is 206 g/mol. The van der Waals surface area contributed by atoms with Gasteiger partial charge in [-0.15, -0.1) is 11.3 Å². The standard InChI is InChI=1S/C12H15NOS/c14-9-3-4-11-5-6-12(15-11)10-13-7-1-2-8-13/h5-6,14H,1-2,7-10H2. The highest BCUT2D eigenvalue weighted by Crippen LogP contribution is 2.19. The van der Waals surface area contributed by atoms with E-state index in [1.807, 2.05) is 6.07 Å². The summed E-state index contributed by atoms with van der Waals surface area (Å²) in [6.07, 6.45) is 2.67. The Balaban J connectivity index is 1.94. The minimum atomic E-state index is -0.0562. The predicted octanol–water partition coefficient (Wildman–Crippen LogP) is 1.69. The van der Waals surface area contributed by atoms with Crippen LogP contribution < -0.4 is 0 Å². The van der Waals surface area contributed by atoms with Gasteiger partial charge in [0.1, 0.15) is 6.61 Å². The average molecular weight is 221 g/mol. The molecular formula is C12H15NOS. The third kappa shape index (κ3) is 3.07. The number of rotatable bonds is 2. The van der Waals surface area contributed by atoms with Crippen LogP contribution in [0.4, 0.5) is 0 Å². The van der Waals surface area contributed by atoms with Crippen molar-refractivity contribution in [3.05, 3.63) is 21.9 Å². The van der Waals surface area contributed by atoms with Crippen LogP contribution in [0, 0.1) is 11.8 Å². The molecule has 0 unspecified atom stereocenters. The first-order valence-electron chi connectivity index (χ1n) is 5.29. The van der Waals surface area contributed by atoms with Crippen LogP contribution in [0.3, 0.4) is 0 Å². The summed E-state index contributed by atoms with van der Waals surface area (Å²) in [5.74, 6) is 5.61. The first-order valence-corrected chi connectivity index (χ1v) is 6.11. The zero-order valence-corrected chi connectivity index (χ0v) is 9.52. The Morgan fingerprint density at radius 2 is 2.13 bits per heavy atom. The third-order valence-electron chi connectivity index (χ3n) is 2.53. The van der Waals surface area contributed by atoms with E-state index >= 15 is 0 Å². The van der Waals surface area contributed by atoms with Crippen molar-refractivity contribution in [2.24, 2.45) is 0 Å². The first-order chi connectivity index (χ1) is 7.38. The number of likely N-dealkylation sites (tertiary alicyclic amines) is 1. The van der Waals surface area contributed by atoms with Crippen molar-refractivity contribution in [1.82, 2.24) is 4.90 Å². The maximum atomic E-state index is 8.59. The van der Waals surface area contributed by atoms with Gasteiger partial charge >= 0.3 is 0 Å². The van der Waals surface area contributed by atoms with Crippen LogP contribution in [0.25, 0.3) is 0 Å². The van der Waals surface area contributed by atoms with E-state index < -0.39 is 0 Å². The van der Waals surface area contributed by atoms with E-state index in [0.29, 0.717) is 0 Å². The molecule has 1 fully saturated rings. The lowest BCUT2D eigenvalue weighted by Gasteiger charge is -2.12. The second-order valence-electron chi connectivity index (χ2n) is 3.71. The maximum absolute atomic E-state index is 8.59. The Morgan fingerprint density at radius 1 is 1.33 bits per heavy atom. The highest BCUT2D eigenvalue weighted by atomic mass is 32.1. The Morgan fingerprint density at radius 3 is 2.87 bits per heavy atom. The Labute approximate surface area is 94.5 Å². The molecule has 15 heavy (non-hydrogen) atoms. The van der Waals surface area contributed by atoms with Gasteiger partial charge in [-0.1, -0.05) is 11.8 Å². The topological polar surface area (TPSA) is 23.5 Å². The van der Waals surface area contributed by atoms with Gasteiger partial charge in [-0.3, -0.25) is 4.90 Å². The minimum Gasteiger partial charge on any atom is -0.384 e. The van der Waals surface area contributed by atoms with Crippen molar-refractivity contribution in [3.8, 4) is 11.8 Å². The molecule has 0 atom stereocenters. The van der Waals surface area contributed by atoms with Crippen LogP contribution in [-0.4, -0.2) is 29.7 Å². The molecule has 2 nitrogen and oxygen atoms in total. The Bertz CT molecular complexity index is 368. The lowest BCUT2D eigenvalue weighted by molar-refractivity contribution is 0.334. The number of nitrogens with zero attached hydrogens (tertiary/aromatic N) is 1. The van der Waals surface area contributed by atoms with E-state index in [1.165, 1.54) is 30.8 Å². The van der Waals surface area contributed by atoms with Crippen LogP contribution in [0.1, 0.15) is 22.6 Å². The summed E-state index contributed by atoms with van der Waals surface area (Å²) >= 11 is 1.73. The number of aliphatic hydroxyl groups excluding tert-OH is 1. The maximum Gasteiger partial charge on any atom is 0.104 e. The summed E-state index contributed by atoms with van der Waals surface area (Å²) in [6, 6.07) is 4.18. The van der Waals surface area contributed by atoms with Crippen molar-refractivity contribution in [3.63, 3.8) is 0 Å². The summed E-state index contributed by atoms with van der Waals surface area (Å²) in [4.78, 5) is 4.91. The van der Waals surface area contributed by atoms with Gasteiger partial charge in [-0.2, -0.15) is 0 Å². The number of hydrogen-bond donors (Lipinski definition) is 1. The van der Waals surface area contributed by atoms with Crippen LogP contribution in [0.2, 0.25) is 0 Å². The van der Waals surface area contributed by atoms with E-state index in [4.69, 9.17) is 5.11 Å². The van der Waals surface area contributed by atoms with E-state index in [9.17, 15) is 0 Å². The highest BCUT2D eigenvalue weighted by Gasteiger charge is 2.12. The second-order valence-corrected chi connectivity index (χ2v) is 4.88. The quantitative estimate of drug-likeness (QED) is 0.768. The normalized spacial score (nSPS) is 16.3. The monoisotopic (exact) mass is 221 g/mol. The highest BCUT2D eigenvalue weighted by molar-refractivity contribution is 7.12. The van der Waals surface area contributed by atoms with Gasteiger partial charge in [0.05, 0.1) is 4.88 Å². The van der Waals surface area contributed by atoms with Gasteiger partial charge in [0, 0.05) is 11.4 Å².